The van der Waals surface area contributed by atoms with E-state index in [0.29, 0.717) is 5.82 Å². The minimum atomic E-state index is 0.670. The van der Waals surface area contributed by atoms with E-state index in [1.54, 1.807) is 0 Å². The summed E-state index contributed by atoms with van der Waals surface area (Å²) in [6.07, 6.45) is 0.772. The molecule has 4 N–H and O–H groups in total. The van der Waals surface area contributed by atoms with Gasteiger partial charge in [-0.2, -0.15) is 0 Å². The maximum atomic E-state index is 5.50. The van der Waals surface area contributed by atoms with Crippen molar-refractivity contribution in [2.24, 2.45) is 5.84 Å². The Morgan fingerprint density at radius 3 is 2.30 bits per heavy atom. The summed E-state index contributed by atoms with van der Waals surface area (Å²) in [6, 6.07) is 8.44. The van der Waals surface area contributed by atoms with Crippen molar-refractivity contribution < 1.29 is 0 Å². The maximum absolute atomic E-state index is 5.50. The number of rotatable bonds is 5. The fourth-order valence-electron chi connectivity index (χ4n) is 1.93. The molecule has 0 bridgehead atoms. The zero-order chi connectivity index (χ0) is 14.5. The van der Waals surface area contributed by atoms with Crippen molar-refractivity contribution in [1.82, 2.24) is 9.97 Å². The molecule has 0 atom stereocenters. The maximum Gasteiger partial charge on any atom is 0.148 e. The van der Waals surface area contributed by atoms with E-state index in [-0.39, 0.29) is 0 Å². The third-order valence-corrected chi connectivity index (χ3v) is 3.23. The van der Waals surface area contributed by atoms with E-state index in [0.717, 1.165) is 30.2 Å². The first-order chi connectivity index (χ1) is 9.63. The lowest BCUT2D eigenvalue weighted by atomic mass is 10.1. The van der Waals surface area contributed by atoms with Gasteiger partial charge in [0.05, 0.1) is 0 Å². The first-order valence-electron chi connectivity index (χ1n) is 6.77. The summed E-state index contributed by atoms with van der Waals surface area (Å²) in [5.74, 6) is 7.77. The van der Waals surface area contributed by atoms with Crippen LogP contribution in [-0.2, 0) is 13.0 Å². The Balaban J connectivity index is 2.18. The lowest BCUT2D eigenvalue weighted by Crippen LogP contribution is -2.14. The van der Waals surface area contributed by atoms with Crippen molar-refractivity contribution in [2.45, 2.75) is 33.7 Å². The molecule has 1 aromatic carbocycles. The quantitative estimate of drug-likeness (QED) is 0.575. The van der Waals surface area contributed by atoms with Crippen molar-refractivity contribution in [3.05, 3.63) is 46.8 Å². The van der Waals surface area contributed by atoms with E-state index in [4.69, 9.17) is 5.84 Å². The summed E-state index contributed by atoms with van der Waals surface area (Å²) in [4.78, 5) is 8.86. The summed E-state index contributed by atoms with van der Waals surface area (Å²) < 4.78 is 0. The molecule has 0 spiro atoms. The Morgan fingerprint density at radius 2 is 1.70 bits per heavy atom. The van der Waals surface area contributed by atoms with Gasteiger partial charge in [0.15, 0.2) is 0 Å². The van der Waals surface area contributed by atoms with Crippen LogP contribution in [0.5, 0.6) is 0 Å². The van der Waals surface area contributed by atoms with Gasteiger partial charge >= 0.3 is 0 Å². The Morgan fingerprint density at radius 1 is 1.05 bits per heavy atom. The molecule has 0 unspecified atom stereocenters. The number of nitrogens with two attached hydrogens (primary N) is 1. The number of hydrogen-bond donors (Lipinski definition) is 3. The third kappa shape index (κ3) is 3.24. The number of nitrogens with zero attached hydrogens (tertiary/aromatic N) is 2. The molecule has 0 radical (unpaired) electrons. The molecule has 0 saturated carbocycles. The van der Waals surface area contributed by atoms with E-state index in [2.05, 4.69) is 51.9 Å². The second kappa shape index (κ2) is 6.34. The number of nitrogen functional groups attached to an aromatic ring is 1. The molecule has 20 heavy (non-hydrogen) atoms. The molecule has 0 aliphatic carbocycles. The van der Waals surface area contributed by atoms with Gasteiger partial charge < -0.3 is 10.7 Å². The van der Waals surface area contributed by atoms with Crippen LogP contribution in [0, 0.1) is 13.8 Å². The first kappa shape index (κ1) is 14.3. The second-order valence-electron chi connectivity index (χ2n) is 4.80. The van der Waals surface area contributed by atoms with Gasteiger partial charge in [-0.25, -0.2) is 15.8 Å². The number of hydrogen-bond acceptors (Lipinski definition) is 5. The highest BCUT2D eigenvalue weighted by Crippen LogP contribution is 2.20. The minimum absolute atomic E-state index is 0.670. The van der Waals surface area contributed by atoms with Gasteiger partial charge in [-0.05, 0) is 19.4 Å². The average molecular weight is 271 g/mol. The third-order valence-electron chi connectivity index (χ3n) is 3.23. The highest BCUT2D eigenvalue weighted by molar-refractivity contribution is 5.56. The van der Waals surface area contributed by atoms with Gasteiger partial charge in [0, 0.05) is 18.5 Å². The SMILES string of the molecule is CCc1nc(NN)c(C)c(NCc2ccc(C)cc2)n1. The molecule has 0 fully saturated rings. The molecular weight excluding hydrogens is 250 g/mol. The van der Waals surface area contributed by atoms with E-state index in [1.807, 2.05) is 13.8 Å². The van der Waals surface area contributed by atoms with Crippen molar-refractivity contribution in [3.63, 3.8) is 0 Å². The highest BCUT2D eigenvalue weighted by atomic mass is 15.3. The van der Waals surface area contributed by atoms with Crippen LogP contribution in [0.3, 0.4) is 0 Å². The van der Waals surface area contributed by atoms with Gasteiger partial charge in [-0.3, -0.25) is 0 Å². The van der Waals surface area contributed by atoms with E-state index in [9.17, 15) is 0 Å². The van der Waals surface area contributed by atoms with Gasteiger partial charge in [0.25, 0.3) is 0 Å². The van der Waals surface area contributed by atoms with Crippen LogP contribution in [0.4, 0.5) is 11.6 Å². The van der Waals surface area contributed by atoms with E-state index < -0.39 is 0 Å². The summed E-state index contributed by atoms with van der Waals surface area (Å²) in [5, 5.41) is 3.35. The monoisotopic (exact) mass is 271 g/mol. The Bertz CT molecular complexity index is 578. The van der Waals surface area contributed by atoms with Crippen LogP contribution in [0.15, 0.2) is 24.3 Å². The number of anilines is 2. The molecule has 106 valence electrons. The van der Waals surface area contributed by atoms with Crippen LogP contribution >= 0.6 is 0 Å². The Hall–Kier alpha value is -2.14. The Labute approximate surface area is 119 Å². The summed E-state index contributed by atoms with van der Waals surface area (Å²) in [7, 11) is 0. The standard InChI is InChI=1S/C15H21N5/c1-4-13-18-14(11(3)15(19-13)20-16)17-9-12-7-5-10(2)6-8-12/h5-8H,4,9,16H2,1-3H3,(H2,17,18,19,20). The Kier molecular flexibility index (Phi) is 4.53. The molecule has 2 rings (SSSR count). The topological polar surface area (TPSA) is 75.9 Å². The number of nitrogens with one attached hydrogen (secondary N) is 2. The zero-order valence-electron chi connectivity index (χ0n) is 12.2. The van der Waals surface area contributed by atoms with Crippen molar-refractivity contribution in [3.8, 4) is 0 Å². The van der Waals surface area contributed by atoms with Crippen molar-refractivity contribution in [2.75, 3.05) is 10.7 Å². The summed E-state index contributed by atoms with van der Waals surface area (Å²) in [6.45, 7) is 6.78. The molecule has 5 heteroatoms. The molecular formula is C15H21N5. The molecule has 0 aliphatic rings. The van der Waals surface area contributed by atoms with Crippen molar-refractivity contribution >= 4 is 11.6 Å². The van der Waals surface area contributed by atoms with Gasteiger partial charge in [-0.15, -0.1) is 0 Å². The summed E-state index contributed by atoms with van der Waals surface area (Å²) >= 11 is 0. The van der Waals surface area contributed by atoms with Crippen LogP contribution in [0.25, 0.3) is 0 Å². The number of benzene rings is 1. The number of aryl methyl sites for hydroxylation is 2. The molecule has 2 aromatic rings. The predicted octanol–water partition coefficient (Wildman–Crippen LogP) is 2.55. The van der Waals surface area contributed by atoms with Crippen LogP contribution in [0.1, 0.15) is 29.4 Å². The zero-order valence-corrected chi connectivity index (χ0v) is 12.2. The summed E-state index contributed by atoms with van der Waals surface area (Å²) in [5.41, 5.74) is 6.03. The van der Waals surface area contributed by atoms with E-state index in [1.165, 1.54) is 11.1 Å². The molecule has 1 heterocycles. The molecule has 1 aromatic heterocycles. The van der Waals surface area contributed by atoms with Gasteiger partial charge in [0.2, 0.25) is 0 Å². The fourth-order valence-corrected chi connectivity index (χ4v) is 1.93. The second-order valence-corrected chi connectivity index (χ2v) is 4.80. The number of aromatic nitrogens is 2. The molecule has 0 saturated heterocycles. The van der Waals surface area contributed by atoms with Crippen molar-refractivity contribution in [1.29, 1.82) is 0 Å². The fraction of sp³-hybridized carbons (Fsp3) is 0.333. The van der Waals surface area contributed by atoms with Gasteiger partial charge in [0.1, 0.15) is 17.5 Å². The lowest BCUT2D eigenvalue weighted by Gasteiger charge is -2.13. The largest absolute Gasteiger partial charge is 0.366 e. The molecule has 0 aliphatic heterocycles. The normalized spacial score (nSPS) is 10.4. The highest BCUT2D eigenvalue weighted by Gasteiger charge is 2.09. The van der Waals surface area contributed by atoms with Crippen LogP contribution < -0.4 is 16.6 Å². The predicted molar refractivity (Wildman–Crippen MR) is 82.5 cm³/mol. The van der Waals surface area contributed by atoms with Gasteiger partial charge in [-0.1, -0.05) is 36.8 Å². The minimum Gasteiger partial charge on any atom is -0.366 e. The lowest BCUT2D eigenvalue weighted by molar-refractivity contribution is 0.921. The smallest absolute Gasteiger partial charge is 0.148 e. The molecule has 0 amide bonds. The van der Waals surface area contributed by atoms with Crippen LogP contribution in [0.2, 0.25) is 0 Å². The number of hydrazine groups is 1. The van der Waals surface area contributed by atoms with Crippen LogP contribution in [-0.4, -0.2) is 9.97 Å². The average Bonchev–Trinajstić information content (AvgIpc) is 2.48. The van der Waals surface area contributed by atoms with E-state index >= 15 is 0 Å². The molecule has 5 nitrogen and oxygen atoms in total. The first-order valence-corrected chi connectivity index (χ1v) is 6.77.